The van der Waals surface area contributed by atoms with E-state index in [0.717, 1.165) is 10.8 Å². The largest absolute Gasteiger partial charge is 0.460 e. The maximum atomic E-state index is 12.8. The van der Waals surface area contributed by atoms with E-state index in [0.29, 0.717) is 11.1 Å². The summed E-state index contributed by atoms with van der Waals surface area (Å²) in [5.74, 6) is -1.81. The van der Waals surface area contributed by atoms with E-state index in [1.165, 1.54) is 0 Å². The molecule has 1 heterocycles. The molecule has 0 fully saturated rings. The van der Waals surface area contributed by atoms with Crippen molar-refractivity contribution in [2.45, 2.75) is 11.9 Å². The van der Waals surface area contributed by atoms with Gasteiger partial charge in [-0.15, -0.1) is 0 Å². The van der Waals surface area contributed by atoms with Gasteiger partial charge in [-0.3, -0.25) is 4.79 Å². The molecule has 0 spiro atoms. The van der Waals surface area contributed by atoms with Crippen LogP contribution in [0.5, 0.6) is 0 Å². The molecule has 3 aromatic carbocycles. The standard InChI is InChI=1S/C21H17NO5S/c22-21-20(27-28(24,25)13-14-7-2-1-3-8-14)18(23)19(26-21)17-12-6-10-15-9-4-5-11-16(15)17/h1-12,19H,13,22H2. The van der Waals surface area contributed by atoms with Gasteiger partial charge in [0.05, 0.1) is 0 Å². The fraction of sp³-hybridized carbons (Fsp3) is 0.0952. The van der Waals surface area contributed by atoms with Crippen molar-refractivity contribution in [2.24, 2.45) is 5.73 Å². The molecule has 4 rings (SSSR count). The summed E-state index contributed by atoms with van der Waals surface area (Å²) in [5, 5.41) is 1.76. The number of Topliss-reactive ketones (excluding diaryl/α,β-unsaturated/α-hetero) is 1. The molecular weight excluding hydrogens is 378 g/mol. The minimum absolute atomic E-state index is 0.334. The fourth-order valence-electron chi connectivity index (χ4n) is 3.18. The number of fused-ring (bicyclic) bond motifs is 1. The number of carbonyl (C=O) groups is 1. The summed E-state index contributed by atoms with van der Waals surface area (Å²) in [6.07, 6.45) is -1.05. The molecule has 0 radical (unpaired) electrons. The van der Waals surface area contributed by atoms with E-state index < -0.39 is 27.8 Å². The Morgan fingerprint density at radius 1 is 0.929 bits per heavy atom. The first kappa shape index (κ1) is 18.1. The van der Waals surface area contributed by atoms with Gasteiger partial charge < -0.3 is 14.7 Å². The van der Waals surface area contributed by atoms with Crippen molar-refractivity contribution >= 4 is 26.7 Å². The Kier molecular flexibility index (Phi) is 4.52. The van der Waals surface area contributed by atoms with Gasteiger partial charge in [-0.2, -0.15) is 8.42 Å². The Morgan fingerprint density at radius 2 is 1.61 bits per heavy atom. The van der Waals surface area contributed by atoms with E-state index in [1.807, 2.05) is 30.3 Å². The molecule has 3 aromatic rings. The van der Waals surface area contributed by atoms with Crippen LogP contribution in [-0.4, -0.2) is 14.2 Å². The second-order valence-electron chi connectivity index (χ2n) is 6.39. The lowest BCUT2D eigenvalue weighted by molar-refractivity contribution is -0.123. The second-order valence-corrected chi connectivity index (χ2v) is 7.97. The molecule has 0 saturated carbocycles. The lowest BCUT2D eigenvalue weighted by Gasteiger charge is -2.13. The first-order valence-corrected chi connectivity index (χ1v) is 10.2. The number of carbonyl (C=O) groups excluding carboxylic acids is 1. The van der Waals surface area contributed by atoms with Crippen molar-refractivity contribution in [3.8, 4) is 0 Å². The average molecular weight is 395 g/mol. The van der Waals surface area contributed by atoms with Crippen molar-refractivity contribution in [2.75, 3.05) is 0 Å². The zero-order valence-electron chi connectivity index (χ0n) is 14.7. The van der Waals surface area contributed by atoms with Gasteiger partial charge in [0.15, 0.2) is 6.10 Å². The molecule has 142 valence electrons. The summed E-state index contributed by atoms with van der Waals surface area (Å²) in [4.78, 5) is 12.8. The zero-order valence-corrected chi connectivity index (χ0v) is 15.6. The van der Waals surface area contributed by atoms with Crippen LogP contribution in [0.4, 0.5) is 0 Å². The summed E-state index contributed by atoms with van der Waals surface area (Å²) >= 11 is 0. The third-order valence-electron chi connectivity index (χ3n) is 4.43. The summed E-state index contributed by atoms with van der Waals surface area (Å²) < 4.78 is 35.3. The van der Waals surface area contributed by atoms with Crippen LogP contribution in [0.25, 0.3) is 10.8 Å². The number of ether oxygens (including phenoxy) is 1. The van der Waals surface area contributed by atoms with E-state index in [-0.39, 0.29) is 11.6 Å². The lowest BCUT2D eigenvalue weighted by atomic mass is 9.98. The minimum atomic E-state index is -4.07. The first-order chi connectivity index (χ1) is 13.4. The Bertz CT molecular complexity index is 1180. The van der Waals surface area contributed by atoms with E-state index in [2.05, 4.69) is 0 Å². The maximum absolute atomic E-state index is 12.8. The maximum Gasteiger partial charge on any atom is 0.313 e. The van der Waals surface area contributed by atoms with Gasteiger partial charge in [-0.1, -0.05) is 72.8 Å². The number of benzene rings is 3. The topological polar surface area (TPSA) is 95.7 Å². The van der Waals surface area contributed by atoms with E-state index in [9.17, 15) is 13.2 Å². The number of ketones is 1. The summed E-state index contributed by atoms with van der Waals surface area (Å²) in [7, 11) is -4.07. The van der Waals surface area contributed by atoms with Gasteiger partial charge in [0.2, 0.25) is 17.4 Å². The van der Waals surface area contributed by atoms with E-state index >= 15 is 0 Å². The molecule has 1 aliphatic rings. The normalized spacial score (nSPS) is 17.0. The molecular formula is C21H17NO5S. The van der Waals surface area contributed by atoms with Gasteiger partial charge in [0.1, 0.15) is 5.75 Å². The highest BCUT2D eigenvalue weighted by Gasteiger charge is 2.40. The average Bonchev–Trinajstić information content (AvgIpc) is 2.95. The molecule has 0 aromatic heterocycles. The van der Waals surface area contributed by atoms with Crippen molar-refractivity contribution < 1.29 is 22.1 Å². The van der Waals surface area contributed by atoms with Crippen molar-refractivity contribution in [1.29, 1.82) is 0 Å². The second kappa shape index (κ2) is 7.01. The quantitative estimate of drug-likeness (QED) is 0.667. The van der Waals surface area contributed by atoms with Gasteiger partial charge in [-0.05, 0) is 16.3 Å². The van der Waals surface area contributed by atoms with E-state index in [1.54, 1.807) is 42.5 Å². The molecule has 1 aliphatic heterocycles. The Hall–Kier alpha value is -3.32. The van der Waals surface area contributed by atoms with Crippen LogP contribution in [-0.2, 0) is 29.6 Å². The molecule has 2 N–H and O–H groups in total. The highest BCUT2D eigenvalue weighted by Crippen LogP contribution is 2.36. The Balaban J connectivity index is 1.60. The van der Waals surface area contributed by atoms with Gasteiger partial charge >= 0.3 is 10.1 Å². The molecule has 0 amide bonds. The minimum Gasteiger partial charge on any atom is -0.460 e. The SMILES string of the molecule is NC1=C(OS(=O)(=O)Cc2ccccc2)C(=O)C(c2cccc3ccccc23)O1. The smallest absolute Gasteiger partial charge is 0.313 e. The third kappa shape index (κ3) is 3.44. The molecule has 28 heavy (non-hydrogen) atoms. The van der Waals surface area contributed by atoms with Crippen LogP contribution >= 0.6 is 0 Å². The van der Waals surface area contributed by atoms with Gasteiger partial charge in [-0.25, -0.2) is 0 Å². The van der Waals surface area contributed by atoms with Crippen molar-refractivity contribution in [3.63, 3.8) is 0 Å². The highest BCUT2D eigenvalue weighted by molar-refractivity contribution is 7.86. The molecule has 6 nitrogen and oxygen atoms in total. The first-order valence-electron chi connectivity index (χ1n) is 8.59. The summed E-state index contributed by atoms with van der Waals surface area (Å²) in [5.41, 5.74) is 6.93. The van der Waals surface area contributed by atoms with Crippen LogP contribution in [0.1, 0.15) is 17.2 Å². The van der Waals surface area contributed by atoms with E-state index in [4.69, 9.17) is 14.7 Å². The fourth-order valence-corrected chi connectivity index (χ4v) is 4.25. The summed E-state index contributed by atoms with van der Waals surface area (Å²) in [6, 6.07) is 21.5. The third-order valence-corrected chi connectivity index (χ3v) is 5.54. The van der Waals surface area contributed by atoms with Crippen molar-refractivity contribution in [3.05, 3.63) is 95.6 Å². The summed E-state index contributed by atoms with van der Waals surface area (Å²) in [6.45, 7) is 0. The number of hydrogen-bond acceptors (Lipinski definition) is 6. The van der Waals surface area contributed by atoms with Crippen LogP contribution < -0.4 is 5.73 Å². The predicted octanol–water partition coefficient (Wildman–Crippen LogP) is 3.15. The Morgan fingerprint density at radius 3 is 2.39 bits per heavy atom. The monoisotopic (exact) mass is 395 g/mol. The lowest BCUT2D eigenvalue weighted by Crippen LogP contribution is -2.16. The molecule has 0 aliphatic carbocycles. The number of nitrogens with two attached hydrogens (primary N) is 1. The molecule has 1 atom stereocenters. The molecule has 0 bridgehead atoms. The van der Waals surface area contributed by atoms with Crippen LogP contribution in [0.2, 0.25) is 0 Å². The predicted molar refractivity (Wildman–Crippen MR) is 104 cm³/mol. The Labute approximate surface area is 162 Å². The van der Waals surface area contributed by atoms with Crippen molar-refractivity contribution in [1.82, 2.24) is 0 Å². The van der Waals surface area contributed by atoms with Gasteiger partial charge in [0.25, 0.3) is 0 Å². The number of hydrogen-bond donors (Lipinski definition) is 1. The zero-order chi connectivity index (χ0) is 19.7. The van der Waals surface area contributed by atoms with Crippen LogP contribution in [0.15, 0.2) is 84.4 Å². The molecule has 1 unspecified atom stereocenters. The molecule has 0 saturated heterocycles. The molecule has 7 heteroatoms. The number of rotatable bonds is 5. The van der Waals surface area contributed by atoms with Crippen LogP contribution in [0.3, 0.4) is 0 Å². The van der Waals surface area contributed by atoms with Crippen LogP contribution in [0, 0.1) is 0 Å². The van der Waals surface area contributed by atoms with Gasteiger partial charge in [0, 0.05) is 5.56 Å². The highest BCUT2D eigenvalue weighted by atomic mass is 32.2.